The lowest BCUT2D eigenvalue weighted by molar-refractivity contribution is 0.344. The van der Waals surface area contributed by atoms with Crippen molar-refractivity contribution in [3.63, 3.8) is 0 Å². The third-order valence-corrected chi connectivity index (χ3v) is 3.26. The van der Waals surface area contributed by atoms with Crippen molar-refractivity contribution in [2.24, 2.45) is 0 Å². The van der Waals surface area contributed by atoms with Crippen molar-refractivity contribution >= 4 is 23.4 Å². The number of ether oxygens (including phenoxy) is 1. The Kier molecular flexibility index (Phi) is 4.64. The van der Waals surface area contributed by atoms with E-state index in [0.717, 1.165) is 0 Å². The van der Waals surface area contributed by atoms with Gasteiger partial charge in [0.1, 0.15) is 5.75 Å². The van der Waals surface area contributed by atoms with Gasteiger partial charge in [-0.1, -0.05) is 23.4 Å². The summed E-state index contributed by atoms with van der Waals surface area (Å²) in [6.07, 6.45) is 0. The second kappa shape index (κ2) is 6.44. The fraction of sp³-hybridized carbons (Fsp3) is 0.182. The third kappa shape index (κ3) is 4.15. The van der Waals surface area contributed by atoms with E-state index in [1.165, 1.54) is 11.8 Å². The molecule has 6 nitrogen and oxygen atoms in total. The average molecular weight is 300 g/mol. The van der Waals surface area contributed by atoms with Gasteiger partial charge in [0.25, 0.3) is 5.56 Å². The molecule has 8 heteroatoms. The Labute approximate surface area is 117 Å². The number of hydrogen-bond acceptors (Lipinski definition) is 5. The van der Waals surface area contributed by atoms with Crippen LogP contribution in [0, 0.1) is 0 Å². The summed E-state index contributed by atoms with van der Waals surface area (Å²) >= 11 is 6.95. The molecule has 0 saturated carbocycles. The van der Waals surface area contributed by atoms with Gasteiger partial charge >= 0.3 is 5.69 Å². The number of aromatic amines is 2. The van der Waals surface area contributed by atoms with Gasteiger partial charge < -0.3 is 4.74 Å². The standard InChI is InChI=1S/C11H10ClN3O3S/c12-7-1-3-8(4-2-7)18-5-6-19-10-9(16)13-11(17)15-14-10/h1-4H,5-6H2,(H2,13,15,16,17). The van der Waals surface area contributed by atoms with E-state index in [9.17, 15) is 9.59 Å². The molecule has 0 aliphatic heterocycles. The topological polar surface area (TPSA) is 87.8 Å². The lowest BCUT2D eigenvalue weighted by Gasteiger charge is -2.05. The molecule has 0 bridgehead atoms. The van der Waals surface area contributed by atoms with E-state index in [2.05, 4.69) is 15.2 Å². The van der Waals surface area contributed by atoms with Crippen LogP contribution in [-0.2, 0) is 0 Å². The lowest BCUT2D eigenvalue weighted by Crippen LogP contribution is -2.25. The Hall–Kier alpha value is -1.73. The number of aromatic nitrogens is 3. The zero-order valence-corrected chi connectivity index (χ0v) is 11.3. The molecule has 1 aromatic carbocycles. The maximum Gasteiger partial charge on any atom is 0.342 e. The predicted molar refractivity (Wildman–Crippen MR) is 73.1 cm³/mol. The fourth-order valence-electron chi connectivity index (χ4n) is 1.26. The van der Waals surface area contributed by atoms with Gasteiger partial charge in [0.2, 0.25) is 0 Å². The molecule has 0 amide bonds. The van der Waals surface area contributed by atoms with Crippen LogP contribution < -0.4 is 16.0 Å². The number of nitrogens with zero attached hydrogens (tertiary/aromatic N) is 1. The van der Waals surface area contributed by atoms with Crippen molar-refractivity contribution in [2.75, 3.05) is 12.4 Å². The summed E-state index contributed by atoms with van der Waals surface area (Å²) < 4.78 is 5.45. The number of H-pyrrole nitrogens is 2. The zero-order chi connectivity index (χ0) is 13.7. The van der Waals surface area contributed by atoms with Crippen LogP contribution in [0.15, 0.2) is 38.9 Å². The van der Waals surface area contributed by atoms with Crippen molar-refractivity contribution in [1.29, 1.82) is 0 Å². The third-order valence-electron chi connectivity index (χ3n) is 2.08. The molecule has 0 spiro atoms. The summed E-state index contributed by atoms with van der Waals surface area (Å²) in [5.74, 6) is 1.23. The van der Waals surface area contributed by atoms with Crippen LogP contribution in [0.4, 0.5) is 0 Å². The predicted octanol–water partition coefficient (Wildman–Crippen LogP) is 1.28. The Morgan fingerprint density at radius 1 is 1.26 bits per heavy atom. The molecule has 0 saturated heterocycles. The van der Waals surface area contributed by atoms with Crippen molar-refractivity contribution in [1.82, 2.24) is 15.2 Å². The van der Waals surface area contributed by atoms with Gasteiger partial charge in [0.15, 0.2) is 5.03 Å². The molecular formula is C11H10ClN3O3S. The molecule has 1 heterocycles. The SMILES string of the molecule is O=c1[nH]nc(SCCOc2ccc(Cl)cc2)c(=O)[nH]1. The Bertz CT molecular complexity index is 653. The highest BCUT2D eigenvalue weighted by Gasteiger charge is 2.03. The smallest absolute Gasteiger partial charge is 0.342 e. The first-order chi connectivity index (χ1) is 9.15. The maximum atomic E-state index is 11.3. The molecule has 2 aromatic rings. The highest BCUT2D eigenvalue weighted by atomic mass is 35.5. The minimum absolute atomic E-state index is 0.208. The van der Waals surface area contributed by atoms with Gasteiger partial charge in [-0.25, -0.2) is 9.89 Å². The highest BCUT2D eigenvalue weighted by molar-refractivity contribution is 7.99. The summed E-state index contributed by atoms with van der Waals surface area (Å²) in [4.78, 5) is 24.2. The molecule has 0 aliphatic rings. The van der Waals surface area contributed by atoms with E-state index < -0.39 is 11.2 Å². The molecular weight excluding hydrogens is 290 g/mol. The van der Waals surface area contributed by atoms with Gasteiger partial charge in [0.05, 0.1) is 6.61 Å². The number of hydrogen-bond donors (Lipinski definition) is 2. The van der Waals surface area contributed by atoms with Crippen molar-refractivity contribution < 1.29 is 4.74 Å². The molecule has 19 heavy (non-hydrogen) atoms. The average Bonchev–Trinajstić information content (AvgIpc) is 2.39. The minimum Gasteiger partial charge on any atom is -0.493 e. The quantitative estimate of drug-likeness (QED) is 0.641. The first kappa shape index (κ1) is 13.7. The highest BCUT2D eigenvalue weighted by Crippen LogP contribution is 2.16. The first-order valence-corrected chi connectivity index (χ1v) is 6.71. The molecule has 0 fully saturated rings. The van der Waals surface area contributed by atoms with Crippen LogP contribution in [0.2, 0.25) is 5.02 Å². The summed E-state index contributed by atoms with van der Waals surface area (Å²) in [6.45, 7) is 0.409. The molecule has 0 atom stereocenters. The molecule has 2 rings (SSSR count). The van der Waals surface area contributed by atoms with Crippen molar-refractivity contribution in [2.45, 2.75) is 5.03 Å². The molecule has 0 aliphatic carbocycles. The Morgan fingerprint density at radius 2 is 2.00 bits per heavy atom. The number of thioether (sulfide) groups is 1. The van der Waals surface area contributed by atoms with E-state index in [0.29, 0.717) is 23.1 Å². The molecule has 100 valence electrons. The van der Waals surface area contributed by atoms with Gasteiger partial charge in [0, 0.05) is 10.8 Å². The van der Waals surface area contributed by atoms with Crippen LogP contribution in [0.5, 0.6) is 5.75 Å². The van der Waals surface area contributed by atoms with Gasteiger partial charge in [-0.15, -0.1) is 0 Å². The fourth-order valence-corrected chi connectivity index (χ4v) is 2.04. The zero-order valence-electron chi connectivity index (χ0n) is 9.68. The number of rotatable bonds is 5. The molecule has 2 N–H and O–H groups in total. The number of nitrogens with one attached hydrogen (secondary N) is 2. The summed E-state index contributed by atoms with van der Waals surface area (Å²) in [6, 6.07) is 6.99. The van der Waals surface area contributed by atoms with E-state index in [4.69, 9.17) is 16.3 Å². The monoisotopic (exact) mass is 299 g/mol. The van der Waals surface area contributed by atoms with Gasteiger partial charge in [-0.3, -0.25) is 9.78 Å². The van der Waals surface area contributed by atoms with Crippen molar-refractivity contribution in [3.05, 3.63) is 50.1 Å². The molecule has 0 unspecified atom stereocenters. The maximum absolute atomic E-state index is 11.3. The molecule has 1 aromatic heterocycles. The minimum atomic E-state index is -0.619. The largest absolute Gasteiger partial charge is 0.493 e. The lowest BCUT2D eigenvalue weighted by atomic mass is 10.3. The second-order valence-electron chi connectivity index (χ2n) is 3.46. The van der Waals surface area contributed by atoms with Crippen LogP contribution in [0.3, 0.4) is 0 Å². The van der Waals surface area contributed by atoms with E-state index in [1.807, 2.05) is 0 Å². The molecule has 0 radical (unpaired) electrons. The Morgan fingerprint density at radius 3 is 2.68 bits per heavy atom. The summed E-state index contributed by atoms with van der Waals surface area (Å²) in [5, 5.41) is 6.66. The van der Waals surface area contributed by atoms with Crippen LogP contribution in [-0.4, -0.2) is 27.5 Å². The van der Waals surface area contributed by atoms with E-state index in [-0.39, 0.29) is 5.03 Å². The van der Waals surface area contributed by atoms with Crippen molar-refractivity contribution in [3.8, 4) is 5.75 Å². The van der Waals surface area contributed by atoms with E-state index in [1.54, 1.807) is 24.3 Å². The number of benzene rings is 1. The first-order valence-electron chi connectivity index (χ1n) is 5.35. The summed E-state index contributed by atoms with van der Waals surface area (Å²) in [5.41, 5.74) is -1.12. The van der Waals surface area contributed by atoms with Crippen LogP contribution >= 0.6 is 23.4 Å². The van der Waals surface area contributed by atoms with Crippen LogP contribution in [0.25, 0.3) is 0 Å². The second-order valence-corrected chi connectivity index (χ2v) is 4.98. The Balaban J connectivity index is 1.82. The van der Waals surface area contributed by atoms with Crippen LogP contribution in [0.1, 0.15) is 0 Å². The van der Waals surface area contributed by atoms with Gasteiger partial charge in [-0.2, -0.15) is 5.10 Å². The summed E-state index contributed by atoms with van der Waals surface area (Å²) in [7, 11) is 0. The normalized spacial score (nSPS) is 10.4. The van der Waals surface area contributed by atoms with E-state index >= 15 is 0 Å². The van der Waals surface area contributed by atoms with Gasteiger partial charge in [-0.05, 0) is 24.3 Å². The number of halogens is 1.